The molecular formula is C14H12BrF3N4O4S. The van der Waals surface area contributed by atoms with Gasteiger partial charge in [-0.15, -0.1) is 11.8 Å². The van der Waals surface area contributed by atoms with E-state index in [2.05, 4.69) is 26.3 Å². The molecule has 2 unspecified atom stereocenters. The lowest BCUT2D eigenvalue weighted by Gasteiger charge is -2.49. The molecule has 27 heavy (non-hydrogen) atoms. The Balaban J connectivity index is 1.83. The van der Waals surface area contributed by atoms with Crippen LogP contribution in [0.3, 0.4) is 0 Å². The summed E-state index contributed by atoms with van der Waals surface area (Å²) in [6.07, 6.45) is -4.75. The zero-order valence-electron chi connectivity index (χ0n) is 13.8. The summed E-state index contributed by atoms with van der Waals surface area (Å²) in [6, 6.07) is -1.04. The van der Waals surface area contributed by atoms with Gasteiger partial charge in [-0.1, -0.05) is 0 Å². The summed E-state index contributed by atoms with van der Waals surface area (Å²) in [5.41, 5.74) is -1.25. The van der Waals surface area contributed by atoms with Crippen LogP contribution in [0.4, 0.5) is 13.2 Å². The van der Waals surface area contributed by atoms with E-state index < -0.39 is 45.5 Å². The summed E-state index contributed by atoms with van der Waals surface area (Å²) in [6.45, 7) is 1.59. The van der Waals surface area contributed by atoms with Crippen molar-refractivity contribution in [1.82, 2.24) is 20.0 Å². The Morgan fingerprint density at radius 1 is 1.41 bits per heavy atom. The number of carbonyl (C=O) groups is 3. The Hall–Kier alpha value is -2.02. The fourth-order valence-corrected chi connectivity index (χ4v) is 4.94. The van der Waals surface area contributed by atoms with Crippen LogP contribution in [0.2, 0.25) is 0 Å². The van der Waals surface area contributed by atoms with E-state index in [9.17, 15) is 32.7 Å². The quantitative estimate of drug-likeness (QED) is 0.652. The average Bonchev–Trinajstić information content (AvgIpc) is 2.86. The van der Waals surface area contributed by atoms with E-state index in [0.717, 1.165) is 9.58 Å². The van der Waals surface area contributed by atoms with Crippen molar-refractivity contribution in [2.24, 2.45) is 7.05 Å². The Kier molecular flexibility index (Phi) is 4.78. The van der Waals surface area contributed by atoms with E-state index >= 15 is 0 Å². The van der Waals surface area contributed by atoms with Gasteiger partial charge in [-0.3, -0.25) is 19.2 Å². The topological polar surface area (TPSA) is 105 Å². The van der Waals surface area contributed by atoms with E-state index in [4.69, 9.17) is 0 Å². The van der Waals surface area contributed by atoms with E-state index in [1.54, 1.807) is 6.92 Å². The number of β-lactam (4-membered cyclic amide) rings is 1. The molecule has 3 heterocycles. The Morgan fingerprint density at radius 3 is 2.56 bits per heavy atom. The number of carboxylic acid groups (broad SMARTS) is 1. The van der Waals surface area contributed by atoms with Crippen molar-refractivity contribution in [1.29, 1.82) is 0 Å². The fourth-order valence-electron chi connectivity index (χ4n) is 2.91. The van der Waals surface area contributed by atoms with Gasteiger partial charge in [0, 0.05) is 12.8 Å². The van der Waals surface area contributed by atoms with Gasteiger partial charge in [0.15, 0.2) is 5.69 Å². The highest BCUT2D eigenvalue weighted by atomic mass is 79.9. The number of nitrogens with zero attached hydrogens (tertiary/aromatic N) is 3. The number of amides is 2. The molecule has 3 rings (SSSR count). The van der Waals surface area contributed by atoms with Crippen molar-refractivity contribution < 1.29 is 32.7 Å². The number of halogens is 4. The summed E-state index contributed by atoms with van der Waals surface area (Å²) >= 11 is 4.00. The third-order valence-electron chi connectivity index (χ3n) is 4.12. The molecule has 1 aromatic heterocycles. The number of carbonyl (C=O) groups excluding carboxylic acids is 2. The second-order valence-corrected chi connectivity index (χ2v) is 7.83. The van der Waals surface area contributed by atoms with Gasteiger partial charge in [-0.25, -0.2) is 4.79 Å². The standard InChI is InChI=1S/C14H12BrF3N4O4S/c1-4-3-27-12-6(11(24)22(12)7(4)13(25)26)19-10(23)8-5(15)9(14(16,17)18)20-21(8)2/h6,12H,3H2,1-2H3,(H,19,23)(H,25,26). The van der Waals surface area contributed by atoms with Gasteiger partial charge in [0.1, 0.15) is 22.8 Å². The molecule has 0 saturated carbocycles. The van der Waals surface area contributed by atoms with Gasteiger partial charge < -0.3 is 10.4 Å². The molecule has 1 fully saturated rings. The molecular weight excluding hydrogens is 457 g/mol. The number of rotatable bonds is 3. The molecule has 0 radical (unpaired) electrons. The maximum atomic E-state index is 12.9. The highest BCUT2D eigenvalue weighted by Gasteiger charge is 2.54. The molecule has 0 aromatic carbocycles. The summed E-state index contributed by atoms with van der Waals surface area (Å²) in [5.74, 6) is -2.45. The van der Waals surface area contributed by atoms with E-state index in [0.29, 0.717) is 11.3 Å². The van der Waals surface area contributed by atoms with Crippen molar-refractivity contribution in [2.75, 3.05) is 5.75 Å². The number of thioether (sulfide) groups is 1. The van der Waals surface area contributed by atoms with Gasteiger partial charge in [0.05, 0.1) is 4.47 Å². The molecule has 146 valence electrons. The number of aryl methyl sites for hydroxylation is 1. The second-order valence-electron chi connectivity index (χ2n) is 5.93. The number of aliphatic carboxylic acids is 1. The molecule has 8 nitrogen and oxygen atoms in total. The first-order valence-corrected chi connectivity index (χ1v) is 9.27. The summed E-state index contributed by atoms with van der Waals surface area (Å²) in [4.78, 5) is 37.2. The van der Waals surface area contributed by atoms with Crippen molar-refractivity contribution in [3.05, 3.63) is 27.1 Å². The zero-order valence-corrected chi connectivity index (χ0v) is 16.2. The first-order valence-electron chi connectivity index (χ1n) is 7.43. The number of fused-ring (bicyclic) bond motifs is 1. The minimum atomic E-state index is -4.75. The average molecular weight is 469 g/mol. The van der Waals surface area contributed by atoms with Crippen LogP contribution < -0.4 is 5.32 Å². The molecule has 2 amide bonds. The van der Waals surface area contributed by atoms with Crippen LogP contribution in [0.25, 0.3) is 0 Å². The maximum absolute atomic E-state index is 12.9. The second kappa shape index (κ2) is 6.55. The van der Waals surface area contributed by atoms with E-state index in [1.807, 2.05) is 0 Å². The summed E-state index contributed by atoms with van der Waals surface area (Å²) in [5, 5.41) is 14.3. The fraction of sp³-hybridized carbons (Fsp3) is 0.429. The lowest BCUT2D eigenvalue weighted by atomic mass is 10.0. The number of nitrogens with one attached hydrogen (secondary N) is 1. The first kappa shape index (κ1) is 19.7. The molecule has 0 bridgehead atoms. The van der Waals surface area contributed by atoms with Crippen molar-refractivity contribution >= 4 is 45.5 Å². The van der Waals surface area contributed by atoms with Crippen LogP contribution in [0.5, 0.6) is 0 Å². The predicted molar refractivity (Wildman–Crippen MR) is 90.6 cm³/mol. The third-order valence-corrected chi connectivity index (χ3v) is 6.30. The number of hydrogen-bond donors (Lipinski definition) is 2. The maximum Gasteiger partial charge on any atom is 0.436 e. The Morgan fingerprint density at radius 2 is 2.04 bits per heavy atom. The molecule has 1 saturated heterocycles. The SMILES string of the molecule is CC1=C(C(=O)O)N2C(=O)C(NC(=O)c3c(Br)c(C(F)(F)F)nn3C)C2SC1. The van der Waals surface area contributed by atoms with Gasteiger partial charge in [-0.2, -0.15) is 18.3 Å². The van der Waals surface area contributed by atoms with Gasteiger partial charge in [-0.05, 0) is 28.4 Å². The lowest BCUT2D eigenvalue weighted by Crippen LogP contribution is -2.70. The lowest BCUT2D eigenvalue weighted by molar-refractivity contribution is -0.148. The highest BCUT2D eigenvalue weighted by Crippen LogP contribution is 2.40. The Bertz CT molecular complexity index is 898. The number of aromatic nitrogens is 2. The summed E-state index contributed by atoms with van der Waals surface area (Å²) in [7, 11) is 1.17. The molecule has 0 spiro atoms. The largest absolute Gasteiger partial charge is 0.477 e. The zero-order chi connectivity index (χ0) is 20.3. The van der Waals surface area contributed by atoms with E-state index in [1.165, 1.54) is 18.8 Å². The van der Waals surface area contributed by atoms with Crippen LogP contribution >= 0.6 is 27.7 Å². The normalized spacial score (nSPS) is 22.4. The van der Waals surface area contributed by atoms with Crippen LogP contribution in [0, 0.1) is 0 Å². The molecule has 1 aromatic rings. The molecule has 2 atom stereocenters. The van der Waals surface area contributed by atoms with Crippen molar-refractivity contribution in [3.8, 4) is 0 Å². The minimum Gasteiger partial charge on any atom is -0.477 e. The van der Waals surface area contributed by atoms with Crippen LogP contribution in [0.1, 0.15) is 23.1 Å². The smallest absolute Gasteiger partial charge is 0.436 e. The first-order chi connectivity index (χ1) is 12.4. The predicted octanol–water partition coefficient (Wildman–Crippen LogP) is 1.57. The molecule has 13 heteroatoms. The monoisotopic (exact) mass is 468 g/mol. The van der Waals surface area contributed by atoms with Crippen molar-refractivity contribution in [3.63, 3.8) is 0 Å². The summed E-state index contributed by atoms with van der Waals surface area (Å²) < 4.78 is 39.0. The molecule has 0 aliphatic carbocycles. The molecule has 2 N–H and O–H groups in total. The van der Waals surface area contributed by atoms with Crippen LogP contribution in [-0.2, 0) is 22.8 Å². The number of alkyl halides is 3. The highest BCUT2D eigenvalue weighted by molar-refractivity contribution is 9.10. The van der Waals surface area contributed by atoms with Crippen molar-refractivity contribution in [2.45, 2.75) is 24.5 Å². The van der Waals surface area contributed by atoms with Crippen LogP contribution in [-0.4, -0.2) is 54.7 Å². The number of carboxylic acids is 1. The number of hydrogen-bond acceptors (Lipinski definition) is 5. The van der Waals surface area contributed by atoms with Crippen LogP contribution in [0.15, 0.2) is 15.7 Å². The van der Waals surface area contributed by atoms with Gasteiger partial charge >= 0.3 is 12.1 Å². The minimum absolute atomic E-state index is 0.129. The molecule has 2 aliphatic rings. The molecule has 2 aliphatic heterocycles. The van der Waals surface area contributed by atoms with Gasteiger partial charge in [0.2, 0.25) is 0 Å². The van der Waals surface area contributed by atoms with Gasteiger partial charge in [0.25, 0.3) is 11.8 Å². The third kappa shape index (κ3) is 3.12. The Labute approximate surface area is 162 Å². The van der Waals surface area contributed by atoms with E-state index in [-0.39, 0.29) is 11.4 Å².